The van der Waals surface area contributed by atoms with Gasteiger partial charge in [0.1, 0.15) is 12.0 Å². The maximum Gasteiger partial charge on any atom is 0.274 e. The molecule has 1 aromatic heterocycles. The number of imidazole rings is 1. The highest BCUT2D eigenvalue weighted by atomic mass is 79.9. The first kappa shape index (κ1) is 13.3. The molecule has 0 saturated carbocycles. The molecule has 1 amide bonds. The molecule has 0 aliphatic carbocycles. The molecule has 2 aromatic rings. The van der Waals surface area contributed by atoms with Gasteiger partial charge in [0.2, 0.25) is 0 Å². The highest BCUT2D eigenvalue weighted by Crippen LogP contribution is 2.15. The molecule has 20 heavy (non-hydrogen) atoms. The van der Waals surface area contributed by atoms with E-state index >= 15 is 0 Å². The Morgan fingerprint density at radius 1 is 1.20 bits per heavy atom. The van der Waals surface area contributed by atoms with E-state index in [2.05, 4.69) is 26.2 Å². The van der Waals surface area contributed by atoms with Crippen LogP contribution < -0.4 is 5.32 Å². The number of benzene rings is 1. The summed E-state index contributed by atoms with van der Waals surface area (Å²) < 4.78 is 2.89. The van der Waals surface area contributed by atoms with Gasteiger partial charge in [-0.2, -0.15) is 0 Å². The summed E-state index contributed by atoms with van der Waals surface area (Å²) in [4.78, 5) is 18.4. The minimum atomic E-state index is 0.00219. The van der Waals surface area contributed by atoms with Crippen molar-refractivity contribution in [2.45, 2.75) is 0 Å². The molecule has 0 bridgehead atoms. The van der Waals surface area contributed by atoms with Gasteiger partial charge in [-0.3, -0.25) is 4.79 Å². The SMILES string of the molecule is O=C(c1cn(-c2ccc(Br)cc2)cn1)N1CCNCC1. The number of hydrogen-bond donors (Lipinski definition) is 1. The third-order valence-corrected chi connectivity index (χ3v) is 3.86. The molecule has 1 aromatic carbocycles. The number of rotatable bonds is 2. The fourth-order valence-corrected chi connectivity index (χ4v) is 2.48. The largest absolute Gasteiger partial charge is 0.335 e. The van der Waals surface area contributed by atoms with Gasteiger partial charge in [0.05, 0.1) is 0 Å². The highest BCUT2D eigenvalue weighted by Gasteiger charge is 2.19. The van der Waals surface area contributed by atoms with Crippen LogP contribution in [0.2, 0.25) is 0 Å². The number of carbonyl (C=O) groups excluding carboxylic acids is 1. The van der Waals surface area contributed by atoms with E-state index in [0.29, 0.717) is 5.69 Å². The van der Waals surface area contributed by atoms with Crippen LogP contribution in [0.4, 0.5) is 0 Å². The Morgan fingerprint density at radius 2 is 1.90 bits per heavy atom. The molecular weight excluding hydrogens is 320 g/mol. The normalized spacial score (nSPS) is 15.3. The first-order chi connectivity index (χ1) is 9.74. The fraction of sp³-hybridized carbons (Fsp3) is 0.286. The Bertz CT molecular complexity index is 602. The van der Waals surface area contributed by atoms with Crippen molar-refractivity contribution in [2.75, 3.05) is 26.2 Å². The minimum Gasteiger partial charge on any atom is -0.335 e. The molecule has 0 atom stereocenters. The molecule has 6 heteroatoms. The summed E-state index contributed by atoms with van der Waals surface area (Å²) in [6.45, 7) is 3.17. The standard InChI is InChI=1S/C14H15BrN4O/c15-11-1-3-12(4-2-11)19-9-13(17-10-19)14(20)18-7-5-16-6-8-18/h1-4,9-10,16H,5-8H2. The Balaban J connectivity index is 1.79. The van der Waals surface area contributed by atoms with Crippen LogP contribution >= 0.6 is 15.9 Å². The van der Waals surface area contributed by atoms with E-state index < -0.39 is 0 Å². The number of nitrogens with one attached hydrogen (secondary N) is 1. The number of nitrogens with zero attached hydrogens (tertiary/aromatic N) is 3. The summed E-state index contributed by atoms with van der Waals surface area (Å²) in [5, 5.41) is 3.23. The molecule has 1 fully saturated rings. The van der Waals surface area contributed by atoms with E-state index in [-0.39, 0.29) is 5.91 Å². The number of piperazine rings is 1. The van der Waals surface area contributed by atoms with E-state index in [9.17, 15) is 4.79 Å². The van der Waals surface area contributed by atoms with Crippen molar-refractivity contribution in [1.82, 2.24) is 19.8 Å². The summed E-state index contributed by atoms with van der Waals surface area (Å²) in [6.07, 6.45) is 3.46. The van der Waals surface area contributed by atoms with Crippen molar-refractivity contribution in [3.8, 4) is 5.69 Å². The van der Waals surface area contributed by atoms with Crippen molar-refractivity contribution in [1.29, 1.82) is 0 Å². The van der Waals surface area contributed by atoms with Gasteiger partial charge in [0.25, 0.3) is 5.91 Å². The van der Waals surface area contributed by atoms with E-state index in [1.54, 1.807) is 12.5 Å². The lowest BCUT2D eigenvalue weighted by molar-refractivity contribution is 0.0730. The van der Waals surface area contributed by atoms with Crippen LogP contribution in [0, 0.1) is 0 Å². The molecule has 5 nitrogen and oxygen atoms in total. The Hall–Kier alpha value is -1.66. The monoisotopic (exact) mass is 334 g/mol. The quantitative estimate of drug-likeness (QED) is 0.909. The van der Waals surface area contributed by atoms with Crippen LogP contribution in [0.5, 0.6) is 0 Å². The van der Waals surface area contributed by atoms with Crippen LogP contribution in [-0.4, -0.2) is 46.5 Å². The van der Waals surface area contributed by atoms with Gasteiger partial charge in [-0.25, -0.2) is 4.98 Å². The van der Waals surface area contributed by atoms with Gasteiger partial charge < -0.3 is 14.8 Å². The predicted molar refractivity (Wildman–Crippen MR) is 80.0 cm³/mol. The lowest BCUT2D eigenvalue weighted by Gasteiger charge is -2.26. The van der Waals surface area contributed by atoms with Crippen LogP contribution in [0.25, 0.3) is 5.69 Å². The number of amides is 1. The molecule has 3 rings (SSSR count). The zero-order chi connectivity index (χ0) is 13.9. The zero-order valence-electron chi connectivity index (χ0n) is 10.9. The Kier molecular flexibility index (Phi) is 3.84. The van der Waals surface area contributed by atoms with Crippen molar-refractivity contribution < 1.29 is 4.79 Å². The van der Waals surface area contributed by atoms with Crippen molar-refractivity contribution in [2.24, 2.45) is 0 Å². The average molecular weight is 335 g/mol. The van der Waals surface area contributed by atoms with Gasteiger partial charge >= 0.3 is 0 Å². The van der Waals surface area contributed by atoms with Gasteiger partial charge in [-0.15, -0.1) is 0 Å². The summed E-state index contributed by atoms with van der Waals surface area (Å²) in [5.74, 6) is 0.00219. The van der Waals surface area contributed by atoms with Crippen LogP contribution in [-0.2, 0) is 0 Å². The maximum absolute atomic E-state index is 12.3. The number of aromatic nitrogens is 2. The third-order valence-electron chi connectivity index (χ3n) is 3.33. The van der Waals surface area contributed by atoms with Gasteiger partial charge in [0.15, 0.2) is 0 Å². The molecule has 0 radical (unpaired) electrons. The number of hydrogen-bond acceptors (Lipinski definition) is 3. The number of carbonyl (C=O) groups is 1. The molecular formula is C14H15BrN4O. The Morgan fingerprint density at radius 3 is 2.60 bits per heavy atom. The topological polar surface area (TPSA) is 50.2 Å². The molecule has 104 valence electrons. The Labute approximate surface area is 125 Å². The molecule has 1 N–H and O–H groups in total. The lowest BCUT2D eigenvalue weighted by atomic mass is 10.3. The maximum atomic E-state index is 12.3. The summed E-state index contributed by atoms with van der Waals surface area (Å²) >= 11 is 3.41. The van der Waals surface area contributed by atoms with Crippen molar-refractivity contribution in [3.05, 3.63) is 47.0 Å². The summed E-state index contributed by atoms with van der Waals surface area (Å²) in [6, 6.07) is 7.88. The van der Waals surface area contributed by atoms with Crippen molar-refractivity contribution >= 4 is 21.8 Å². The van der Waals surface area contributed by atoms with Crippen LogP contribution in [0.3, 0.4) is 0 Å². The molecule has 1 aliphatic rings. The second-order valence-electron chi connectivity index (χ2n) is 4.68. The first-order valence-electron chi connectivity index (χ1n) is 6.54. The highest BCUT2D eigenvalue weighted by molar-refractivity contribution is 9.10. The van der Waals surface area contributed by atoms with Crippen molar-refractivity contribution in [3.63, 3.8) is 0 Å². The number of halogens is 1. The second kappa shape index (κ2) is 5.76. The smallest absolute Gasteiger partial charge is 0.274 e. The van der Waals surface area contributed by atoms with Crippen LogP contribution in [0.15, 0.2) is 41.3 Å². The van der Waals surface area contributed by atoms with E-state index in [1.807, 2.05) is 33.7 Å². The predicted octanol–water partition coefficient (Wildman–Crippen LogP) is 1.68. The molecule has 1 aliphatic heterocycles. The van der Waals surface area contributed by atoms with E-state index in [4.69, 9.17) is 0 Å². The molecule has 0 unspecified atom stereocenters. The zero-order valence-corrected chi connectivity index (χ0v) is 12.5. The first-order valence-corrected chi connectivity index (χ1v) is 7.33. The van der Waals surface area contributed by atoms with E-state index in [0.717, 1.165) is 36.3 Å². The molecule has 2 heterocycles. The lowest BCUT2D eigenvalue weighted by Crippen LogP contribution is -2.46. The second-order valence-corrected chi connectivity index (χ2v) is 5.60. The van der Waals surface area contributed by atoms with Gasteiger partial charge in [0, 0.05) is 42.5 Å². The summed E-state index contributed by atoms with van der Waals surface area (Å²) in [7, 11) is 0. The summed E-state index contributed by atoms with van der Waals surface area (Å²) in [5.41, 5.74) is 1.48. The molecule has 1 saturated heterocycles. The molecule has 0 spiro atoms. The fourth-order valence-electron chi connectivity index (χ4n) is 2.22. The average Bonchev–Trinajstić information content (AvgIpc) is 2.98. The van der Waals surface area contributed by atoms with Crippen LogP contribution in [0.1, 0.15) is 10.5 Å². The van der Waals surface area contributed by atoms with E-state index in [1.165, 1.54) is 0 Å². The van der Waals surface area contributed by atoms with Gasteiger partial charge in [-0.1, -0.05) is 15.9 Å². The van der Waals surface area contributed by atoms with Gasteiger partial charge in [-0.05, 0) is 24.3 Å². The third kappa shape index (κ3) is 2.76. The minimum absolute atomic E-state index is 0.00219.